The molecule has 1 aliphatic carbocycles. The first-order valence-corrected chi connectivity index (χ1v) is 10.8. The number of nitrogens with zero attached hydrogens (tertiary/aromatic N) is 2. The number of aromatic hydroxyl groups is 1. The molecular formula is C20H21N3O5S. The molecule has 0 unspecified atom stereocenters. The van der Waals surface area contributed by atoms with E-state index in [1.165, 1.54) is 28.6 Å². The first-order valence-electron chi connectivity index (χ1n) is 9.33. The highest BCUT2D eigenvalue weighted by Gasteiger charge is 2.27. The van der Waals surface area contributed by atoms with Gasteiger partial charge in [-0.2, -0.15) is 9.41 Å². The Kier molecular flexibility index (Phi) is 5.35. The molecule has 1 fully saturated rings. The molecule has 1 aliphatic heterocycles. The summed E-state index contributed by atoms with van der Waals surface area (Å²) in [5.41, 5.74) is 4.90. The maximum Gasteiger partial charge on any atom is 0.271 e. The van der Waals surface area contributed by atoms with Gasteiger partial charge in [0.25, 0.3) is 5.91 Å². The zero-order valence-corrected chi connectivity index (χ0v) is 16.5. The molecule has 0 bridgehead atoms. The number of phenolic OH excluding ortho intramolecular Hbond substituents is 1. The molecule has 0 radical (unpaired) electrons. The molecule has 1 saturated heterocycles. The van der Waals surface area contributed by atoms with E-state index in [4.69, 9.17) is 4.74 Å². The van der Waals surface area contributed by atoms with Crippen LogP contribution < -0.4 is 5.43 Å². The average Bonchev–Trinajstić information content (AvgIpc) is 3.17. The van der Waals surface area contributed by atoms with Gasteiger partial charge in [0, 0.05) is 24.2 Å². The topological polar surface area (TPSA) is 108 Å². The molecule has 0 aromatic heterocycles. The van der Waals surface area contributed by atoms with Gasteiger partial charge in [-0.3, -0.25) is 4.79 Å². The van der Waals surface area contributed by atoms with Crippen molar-refractivity contribution in [3.05, 3.63) is 59.2 Å². The summed E-state index contributed by atoms with van der Waals surface area (Å²) in [5.74, 6) is -0.382. The minimum Gasteiger partial charge on any atom is -0.507 e. The number of carbonyl (C=O) groups is 1. The van der Waals surface area contributed by atoms with Crippen molar-refractivity contribution in [1.82, 2.24) is 9.73 Å². The second-order valence-electron chi connectivity index (χ2n) is 6.85. The highest BCUT2D eigenvalue weighted by atomic mass is 32.2. The number of carbonyl (C=O) groups excluding carboxylic acids is 1. The number of hydrazone groups is 1. The zero-order valence-electron chi connectivity index (χ0n) is 15.7. The number of morpholine rings is 1. The molecule has 2 aromatic carbocycles. The second-order valence-corrected chi connectivity index (χ2v) is 8.79. The summed E-state index contributed by atoms with van der Waals surface area (Å²) in [4.78, 5) is 12.6. The molecular weight excluding hydrogens is 394 g/mol. The number of sulfonamides is 1. The number of ether oxygens (including phenoxy) is 1. The molecule has 2 aromatic rings. The van der Waals surface area contributed by atoms with Crippen LogP contribution in [-0.4, -0.2) is 55.8 Å². The van der Waals surface area contributed by atoms with Crippen LogP contribution in [-0.2, 0) is 21.2 Å². The Morgan fingerprint density at radius 3 is 2.66 bits per heavy atom. The smallest absolute Gasteiger partial charge is 0.271 e. The van der Waals surface area contributed by atoms with Crippen LogP contribution >= 0.6 is 0 Å². The number of amides is 1. The monoisotopic (exact) mass is 415 g/mol. The molecule has 2 N–H and O–H groups in total. The maximum atomic E-state index is 12.8. The number of rotatable bonds is 4. The standard InChI is InChI=1S/C20H21N3O5S/c24-18-6-2-3-14-7-8-17(19(14)18)21-22-20(25)15-4-1-5-16(13-15)29(26,27)23-9-11-28-12-10-23/h1-6,13,24H,7-12H2,(H,22,25)/b21-17+. The molecule has 1 heterocycles. The number of fused-ring (bicyclic) bond motifs is 1. The molecule has 0 atom stereocenters. The molecule has 2 aliphatic rings. The Morgan fingerprint density at radius 1 is 1.10 bits per heavy atom. The quantitative estimate of drug-likeness (QED) is 0.736. The first kappa shape index (κ1) is 19.6. The number of benzene rings is 2. The predicted molar refractivity (Wildman–Crippen MR) is 106 cm³/mol. The predicted octanol–water partition coefficient (Wildman–Crippen LogP) is 1.49. The van der Waals surface area contributed by atoms with E-state index < -0.39 is 15.9 Å². The minimum absolute atomic E-state index is 0.0589. The molecule has 0 spiro atoms. The SMILES string of the molecule is O=C(N/N=C1\CCc2cccc(O)c21)c1cccc(S(=O)(=O)N2CCOCC2)c1. The van der Waals surface area contributed by atoms with E-state index in [1.54, 1.807) is 12.1 Å². The fourth-order valence-corrected chi connectivity index (χ4v) is 4.99. The fourth-order valence-electron chi connectivity index (χ4n) is 3.53. The van der Waals surface area contributed by atoms with E-state index in [-0.39, 0.29) is 29.3 Å². The lowest BCUT2D eigenvalue weighted by atomic mass is 10.1. The molecule has 29 heavy (non-hydrogen) atoms. The van der Waals surface area contributed by atoms with Gasteiger partial charge in [0.2, 0.25) is 10.0 Å². The van der Waals surface area contributed by atoms with Gasteiger partial charge in [-0.1, -0.05) is 18.2 Å². The molecule has 8 nitrogen and oxygen atoms in total. The normalized spacial score (nSPS) is 18.6. The van der Waals surface area contributed by atoms with Gasteiger partial charge in [-0.15, -0.1) is 0 Å². The summed E-state index contributed by atoms with van der Waals surface area (Å²) >= 11 is 0. The zero-order chi connectivity index (χ0) is 20.4. The van der Waals surface area contributed by atoms with Crippen molar-refractivity contribution in [2.75, 3.05) is 26.3 Å². The van der Waals surface area contributed by atoms with Gasteiger partial charge in [0.1, 0.15) is 5.75 Å². The van der Waals surface area contributed by atoms with E-state index in [1.807, 2.05) is 6.07 Å². The van der Waals surface area contributed by atoms with Crippen molar-refractivity contribution in [2.45, 2.75) is 17.7 Å². The number of hydrogen-bond donors (Lipinski definition) is 2. The van der Waals surface area contributed by atoms with Gasteiger partial charge in [0.05, 0.1) is 23.8 Å². The third-order valence-corrected chi connectivity index (χ3v) is 6.94. The van der Waals surface area contributed by atoms with Crippen LogP contribution in [0.3, 0.4) is 0 Å². The average molecular weight is 415 g/mol. The summed E-state index contributed by atoms with van der Waals surface area (Å²) in [5, 5.41) is 14.2. The van der Waals surface area contributed by atoms with Crippen molar-refractivity contribution in [2.24, 2.45) is 5.10 Å². The number of aryl methyl sites for hydroxylation is 1. The Labute approximate surface area is 168 Å². The Bertz CT molecular complexity index is 1080. The van der Waals surface area contributed by atoms with Gasteiger partial charge in [-0.25, -0.2) is 13.8 Å². The van der Waals surface area contributed by atoms with Crippen LogP contribution in [0.25, 0.3) is 0 Å². The molecule has 1 amide bonds. The van der Waals surface area contributed by atoms with Crippen molar-refractivity contribution in [3.63, 3.8) is 0 Å². The minimum atomic E-state index is -3.69. The highest BCUT2D eigenvalue weighted by molar-refractivity contribution is 7.89. The highest BCUT2D eigenvalue weighted by Crippen LogP contribution is 2.29. The summed E-state index contributed by atoms with van der Waals surface area (Å²) in [6.45, 7) is 1.28. The molecule has 0 saturated carbocycles. The lowest BCUT2D eigenvalue weighted by Crippen LogP contribution is -2.40. The molecule has 152 valence electrons. The third-order valence-electron chi connectivity index (χ3n) is 5.04. The maximum absolute atomic E-state index is 12.8. The van der Waals surface area contributed by atoms with Crippen LogP contribution in [0.5, 0.6) is 5.75 Å². The van der Waals surface area contributed by atoms with E-state index in [0.717, 1.165) is 12.0 Å². The second kappa shape index (κ2) is 7.94. The number of phenols is 1. The molecule has 9 heteroatoms. The summed E-state index contributed by atoms with van der Waals surface area (Å²) in [6, 6.07) is 11.2. The Hall–Kier alpha value is -2.75. The summed E-state index contributed by atoms with van der Waals surface area (Å²) < 4.78 is 32.1. The van der Waals surface area contributed by atoms with E-state index >= 15 is 0 Å². The van der Waals surface area contributed by atoms with Crippen LogP contribution in [0.2, 0.25) is 0 Å². The lowest BCUT2D eigenvalue weighted by molar-refractivity contribution is 0.0730. The van der Waals surface area contributed by atoms with Gasteiger partial charge in [0.15, 0.2) is 0 Å². The summed E-state index contributed by atoms with van der Waals surface area (Å²) in [6.07, 6.45) is 1.35. The summed E-state index contributed by atoms with van der Waals surface area (Å²) in [7, 11) is -3.69. The Morgan fingerprint density at radius 2 is 1.86 bits per heavy atom. The number of nitrogens with one attached hydrogen (secondary N) is 1. The van der Waals surface area contributed by atoms with Crippen molar-refractivity contribution < 1.29 is 23.1 Å². The van der Waals surface area contributed by atoms with E-state index in [2.05, 4.69) is 10.5 Å². The van der Waals surface area contributed by atoms with Gasteiger partial charge in [-0.05, 0) is 42.7 Å². The largest absolute Gasteiger partial charge is 0.507 e. The van der Waals surface area contributed by atoms with Gasteiger partial charge >= 0.3 is 0 Å². The first-order chi connectivity index (χ1) is 14.0. The van der Waals surface area contributed by atoms with Crippen LogP contribution in [0.15, 0.2) is 52.5 Å². The van der Waals surface area contributed by atoms with Crippen LogP contribution in [0.1, 0.15) is 27.9 Å². The molecule has 4 rings (SSSR count). The third kappa shape index (κ3) is 3.89. The van der Waals surface area contributed by atoms with Crippen LogP contribution in [0, 0.1) is 0 Å². The van der Waals surface area contributed by atoms with Crippen molar-refractivity contribution >= 4 is 21.6 Å². The van der Waals surface area contributed by atoms with Gasteiger partial charge < -0.3 is 9.84 Å². The lowest BCUT2D eigenvalue weighted by Gasteiger charge is -2.26. The van der Waals surface area contributed by atoms with Crippen molar-refractivity contribution in [1.29, 1.82) is 0 Å². The van der Waals surface area contributed by atoms with Crippen molar-refractivity contribution in [3.8, 4) is 5.75 Å². The fraction of sp³-hybridized carbons (Fsp3) is 0.300. The van der Waals surface area contributed by atoms with Crippen LogP contribution in [0.4, 0.5) is 0 Å². The van der Waals surface area contributed by atoms with E-state index in [0.29, 0.717) is 30.9 Å². The Balaban J connectivity index is 1.53. The van der Waals surface area contributed by atoms with E-state index in [9.17, 15) is 18.3 Å². The number of hydrogen-bond acceptors (Lipinski definition) is 6.